The molecule has 7 heteroatoms. The summed E-state index contributed by atoms with van der Waals surface area (Å²) in [5.41, 5.74) is 0.816. The summed E-state index contributed by atoms with van der Waals surface area (Å²) < 4.78 is 25.2. The minimum Gasteiger partial charge on any atom is -0.478 e. The Morgan fingerprint density at radius 1 is 1.19 bits per heavy atom. The fourth-order valence-corrected chi connectivity index (χ4v) is 2.86. The molecule has 0 aromatic heterocycles. The number of rotatable bonds is 6. The standard InChI is InChI=1S/C20H20FNO5/c21-17-11-13(20(24)25)5-6-18(17)22-19(23)16-4-2-1-3-14(16)12-27-15-7-9-26-10-8-15/h1-6,11,15H,7-10,12H2,(H,22,23)(H,24,25). The minimum atomic E-state index is -1.23. The van der Waals surface area contributed by atoms with Gasteiger partial charge in [-0.1, -0.05) is 18.2 Å². The Hall–Kier alpha value is -2.77. The van der Waals surface area contributed by atoms with E-state index in [0.717, 1.165) is 18.9 Å². The summed E-state index contributed by atoms with van der Waals surface area (Å²) in [6.45, 7) is 1.60. The monoisotopic (exact) mass is 373 g/mol. The van der Waals surface area contributed by atoms with Crippen molar-refractivity contribution < 1.29 is 28.6 Å². The van der Waals surface area contributed by atoms with Gasteiger partial charge in [-0.05, 0) is 42.7 Å². The van der Waals surface area contributed by atoms with E-state index in [1.165, 1.54) is 12.1 Å². The lowest BCUT2D eigenvalue weighted by molar-refractivity contribution is -0.0391. The van der Waals surface area contributed by atoms with E-state index in [4.69, 9.17) is 14.6 Å². The van der Waals surface area contributed by atoms with Gasteiger partial charge in [0.15, 0.2) is 0 Å². The first-order valence-corrected chi connectivity index (χ1v) is 8.66. The molecular formula is C20H20FNO5. The second-order valence-electron chi connectivity index (χ2n) is 6.23. The first-order valence-electron chi connectivity index (χ1n) is 8.66. The highest BCUT2D eigenvalue weighted by molar-refractivity contribution is 6.05. The molecule has 6 nitrogen and oxygen atoms in total. The maximum atomic E-state index is 14.1. The van der Waals surface area contributed by atoms with Crippen LogP contribution < -0.4 is 5.32 Å². The minimum absolute atomic E-state index is 0.0786. The predicted molar refractivity (Wildman–Crippen MR) is 96.4 cm³/mol. The summed E-state index contributed by atoms with van der Waals surface area (Å²) in [5.74, 6) is -2.52. The van der Waals surface area contributed by atoms with Crippen molar-refractivity contribution >= 4 is 17.6 Å². The number of carboxylic acid groups (broad SMARTS) is 1. The third-order valence-corrected chi connectivity index (χ3v) is 4.37. The van der Waals surface area contributed by atoms with Gasteiger partial charge in [-0.25, -0.2) is 9.18 Å². The van der Waals surface area contributed by atoms with E-state index < -0.39 is 17.7 Å². The molecule has 3 rings (SSSR count). The van der Waals surface area contributed by atoms with Gasteiger partial charge < -0.3 is 19.9 Å². The van der Waals surface area contributed by atoms with Gasteiger partial charge in [-0.2, -0.15) is 0 Å². The molecule has 142 valence electrons. The molecule has 0 radical (unpaired) electrons. The molecule has 0 atom stereocenters. The van der Waals surface area contributed by atoms with Crippen LogP contribution in [0, 0.1) is 5.82 Å². The van der Waals surface area contributed by atoms with E-state index in [1.54, 1.807) is 18.2 Å². The molecule has 1 aliphatic heterocycles. The lowest BCUT2D eigenvalue weighted by Crippen LogP contribution is -2.24. The molecular weight excluding hydrogens is 353 g/mol. The highest BCUT2D eigenvalue weighted by Gasteiger charge is 2.18. The molecule has 1 fully saturated rings. The molecule has 0 spiro atoms. The maximum absolute atomic E-state index is 14.1. The van der Waals surface area contributed by atoms with E-state index in [2.05, 4.69) is 5.32 Å². The van der Waals surface area contributed by atoms with Crippen molar-refractivity contribution in [2.24, 2.45) is 0 Å². The zero-order valence-electron chi connectivity index (χ0n) is 14.6. The molecule has 1 saturated heterocycles. The van der Waals surface area contributed by atoms with Crippen LogP contribution in [0.15, 0.2) is 42.5 Å². The fourth-order valence-electron chi connectivity index (χ4n) is 2.86. The van der Waals surface area contributed by atoms with Crippen molar-refractivity contribution in [2.75, 3.05) is 18.5 Å². The van der Waals surface area contributed by atoms with Gasteiger partial charge in [-0.3, -0.25) is 4.79 Å². The number of halogens is 1. The van der Waals surface area contributed by atoms with E-state index in [0.29, 0.717) is 24.3 Å². The van der Waals surface area contributed by atoms with Crippen LogP contribution in [0.5, 0.6) is 0 Å². The first-order chi connectivity index (χ1) is 13.0. The zero-order valence-corrected chi connectivity index (χ0v) is 14.6. The number of aromatic carboxylic acids is 1. The molecule has 0 unspecified atom stereocenters. The number of anilines is 1. The smallest absolute Gasteiger partial charge is 0.335 e. The summed E-state index contributed by atoms with van der Waals surface area (Å²) >= 11 is 0. The molecule has 1 amide bonds. The topological polar surface area (TPSA) is 84.9 Å². The number of hydrogen-bond acceptors (Lipinski definition) is 4. The maximum Gasteiger partial charge on any atom is 0.335 e. The quantitative estimate of drug-likeness (QED) is 0.810. The van der Waals surface area contributed by atoms with Crippen LogP contribution in [-0.4, -0.2) is 36.3 Å². The average Bonchev–Trinajstić information content (AvgIpc) is 2.68. The van der Waals surface area contributed by atoms with Crippen LogP contribution >= 0.6 is 0 Å². The van der Waals surface area contributed by atoms with Crippen molar-refractivity contribution in [1.29, 1.82) is 0 Å². The SMILES string of the molecule is O=C(O)c1ccc(NC(=O)c2ccccc2COC2CCOCC2)c(F)c1. The third kappa shape index (κ3) is 4.90. The fraction of sp³-hybridized carbons (Fsp3) is 0.300. The average molecular weight is 373 g/mol. The van der Waals surface area contributed by atoms with Gasteiger partial charge >= 0.3 is 5.97 Å². The molecule has 0 saturated carbocycles. The molecule has 2 N–H and O–H groups in total. The van der Waals surface area contributed by atoms with Gasteiger partial charge in [0.25, 0.3) is 5.91 Å². The Balaban J connectivity index is 1.70. The summed E-state index contributed by atoms with van der Waals surface area (Å²) in [6, 6.07) is 10.3. The van der Waals surface area contributed by atoms with Crippen LogP contribution in [-0.2, 0) is 16.1 Å². The molecule has 1 heterocycles. The Morgan fingerprint density at radius 2 is 1.93 bits per heavy atom. The summed E-state index contributed by atoms with van der Waals surface area (Å²) in [5, 5.41) is 11.4. The van der Waals surface area contributed by atoms with Crippen LogP contribution in [0.3, 0.4) is 0 Å². The Morgan fingerprint density at radius 3 is 2.63 bits per heavy atom. The number of carbonyl (C=O) groups excluding carboxylic acids is 1. The van der Waals surface area contributed by atoms with Crippen LogP contribution in [0.4, 0.5) is 10.1 Å². The normalized spacial score (nSPS) is 14.7. The number of benzene rings is 2. The molecule has 2 aromatic carbocycles. The Labute approximate surface area is 155 Å². The lowest BCUT2D eigenvalue weighted by Gasteiger charge is -2.23. The van der Waals surface area contributed by atoms with Gasteiger partial charge in [-0.15, -0.1) is 0 Å². The molecule has 0 aliphatic carbocycles. The zero-order chi connectivity index (χ0) is 19.2. The molecule has 2 aromatic rings. The van der Waals surface area contributed by atoms with Crippen LogP contribution in [0.25, 0.3) is 0 Å². The third-order valence-electron chi connectivity index (χ3n) is 4.37. The predicted octanol–water partition coefficient (Wildman–Crippen LogP) is 3.47. The largest absolute Gasteiger partial charge is 0.478 e. The van der Waals surface area contributed by atoms with Crippen molar-refractivity contribution in [3.05, 3.63) is 65.0 Å². The summed E-state index contributed by atoms with van der Waals surface area (Å²) in [7, 11) is 0. The van der Waals surface area contributed by atoms with Crippen LogP contribution in [0.2, 0.25) is 0 Å². The number of carbonyl (C=O) groups is 2. The Kier molecular flexibility index (Phi) is 6.16. The van der Waals surface area contributed by atoms with Gasteiger partial charge in [0, 0.05) is 18.8 Å². The summed E-state index contributed by atoms with van der Waals surface area (Å²) in [6.07, 6.45) is 1.72. The van der Waals surface area contributed by atoms with Gasteiger partial charge in [0.2, 0.25) is 0 Å². The van der Waals surface area contributed by atoms with Crippen molar-refractivity contribution in [3.8, 4) is 0 Å². The van der Waals surface area contributed by atoms with E-state index in [1.807, 2.05) is 6.07 Å². The number of hydrogen-bond donors (Lipinski definition) is 2. The Bertz CT molecular complexity index is 833. The van der Waals surface area contributed by atoms with Crippen LogP contribution in [0.1, 0.15) is 39.1 Å². The van der Waals surface area contributed by atoms with Gasteiger partial charge in [0.05, 0.1) is 24.0 Å². The molecule has 0 bridgehead atoms. The van der Waals surface area contributed by atoms with E-state index in [-0.39, 0.29) is 24.0 Å². The van der Waals surface area contributed by atoms with Gasteiger partial charge in [0.1, 0.15) is 5.82 Å². The number of ether oxygens (including phenoxy) is 2. The molecule has 27 heavy (non-hydrogen) atoms. The highest BCUT2D eigenvalue weighted by atomic mass is 19.1. The van der Waals surface area contributed by atoms with Crippen molar-refractivity contribution in [3.63, 3.8) is 0 Å². The van der Waals surface area contributed by atoms with Crippen molar-refractivity contribution in [2.45, 2.75) is 25.6 Å². The van der Waals surface area contributed by atoms with E-state index in [9.17, 15) is 14.0 Å². The second kappa shape index (κ2) is 8.75. The highest BCUT2D eigenvalue weighted by Crippen LogP contribution is 2.20. The van der Waals surface area contributed by atoms with Crippen molar-refractivity contribution in [1.82, 2.24) is 0 Å². The number of amides is 1. The summed E-state index contributed by atoms with van der Waals surface area (Å²) in [4.78, 5) is 23.5. The number of nitrogens with one attached hydrogen (secondary N) is 1. The molecule has 1 aliphatic rings. The second-order valence-corrected chi connectivity index (χ2v) is 6.23. The lowest BCUT2D eigenvalue weighted by atomic mass is 10.1. The van der Waals surface area contributed by atoms with E-state index >= 15 is 0 Å². The number of carboxylic acids is 1. The first kappa shape index (κ1) is 19.0.